The highest BCUT2D eigenvalue weighted by Gasteiger charge is 2.35. The van der Waals surface area contributed by atoms with Crippen molar-refractivity contribution in [2.75, 3.05) is 25.1 Å². The van der Waals surface area contributed by atoms with Crippen LogP contribution in [-0.2, 0) is 22.1 Å². The van der Waals surface area contributed by atoms with Gasteiger partial charge in [-0.05, 0) is 48.7 Å². The highest BCUT2D eigenvalue weighted by molar-refractivity contribution is 6.03. The topological polar surface area (TPSA) is 63.4 Å². The summed E-state index contributed by atoms with van der Waals surface area (Å²) in [4.78, 5) is 16.0. The molecule has 1 aliphatic heterocycles. The third kappa shape index (κ3) is 4.91. The van der Waals surface area contributed by atoms with Crippen LogP contribution in [0.1, 0.15) is 30.9 Å². The van der Waals surface area contributed by atoms with Crippen molar-refractivity contribution < 1.29 is 27.4 Å². The molecule has 1 saturated heterocycles. The van der Waals surface area contributed by atoms with Crippen LogP contribution in [0, 0.1) is 5.41 Å². The molecule has 5 nitrogen and oxygen atoms in total. The minimum Gasteiger partial charge on any atom is -0.493 e. The highest BCUT2D eigenvalue weighted by Crippen LogP contribution is 2.34. The Bertz CT molecular complexity index is 1080. The number of rotatable bonds is 6. The van der Waals surface area contributed by atoms with Gasteiger partial charge in [-0.15, -0.1) is 0 Å². The summed E-state index contributed by atoms with van der Waals surface area (Å²) in [7, 11) is 0. The molecule has 0 bridgehead atoms. The van der Waals surface area contributed by atoms with E-state index in [1.165, 1.54) is 12.1 Å². The van der Waals surface area contributed by atoms with Crippen molar-refractivity contribution in [2.24, 2.45) is 5.41 Å². The summed E-state index contributed by atoms with van der Waals surface area (Å²) in [6.45, 7) is 3.43. The number of H-pyrrole nitrogens is 1. The number of nitrogens with one attached hydrogen (secondary N) is 2. The zero-order valence-corrected chi connectivity index (χ0v) is 17.7. The van der Waals surface area contributed by atoms with Crippen LogP contribution in [0.2, 0.25) is 0 Å². The number of aromatic nitrogens is 1. The fraction of sp³-hybridized carbons (Fsp3) is 0.375. The van der Waals surface area contributed by atoms with Crippen molar-refractivity contribution >= 4 is 22.5 Å². The lowest BCUT2D eigenvalue weighted by molar-refractivity contribution is -0.137. The van der Waals surface area contributed by atoms with Gasteiger partial charge in [0, 0.05) is 36.7 Å². The number of carbonyl (C=O) groups excluding carboxylic acids is 1. The number of benzene rings is 2. The van der Waals surface area contributed by atoms with E-state index in [9.17, 15) is 18.0 Å². The Balaban J connectivity index is 1.39. The predicted octanol–water partition coefficient (Wildman–Crippen LogP) is 5.56. The van der Waals surface area contributed by atoms with E-state index in [1.807, 2.05) is 25.1 Å². The highest BCUT2D eigenvalue weighted by atomic mass is 19.4. The van der Waals surface area contributed by atoms with Crippen molar-refractivity contribution in [2.45, 2.75) is 32.4 Å². The van der Waals surface area contributed by atoms with E-state index in [4.69, 9.17) is 9.47 Å². The van der Waals surface area contributed by atoms with Gasteiger partial charge in [-0.1, -0.05) is 19.1 Å². The van der Waals surface area contributed by atoms with Crippen molar-refractivity contribution in [1.29, 1.82) is 0 Å². The molecule has 1 fully saturated rings. The van der Waals surface area contributed by atoms with Crippen LogP contribution in [0.3, 0.4) is 0 Å². The summed E-state index contributed by atoms with van der Waals surface area (Å²) in [6, 6.07) is 10.6. The molecule has 1 aromatic heterocycles. The van der Waals surface area contributed by atoms with Crippen molar-refractivity contribution in [3.8, 4) is 5.75 Å². The predicted molar refractivity (Wildman–Crippen MR) is 116 cm³/mol. The van der Waals surface area contributed by atoms with Gasteiger partial charge in [0.05, 0.1) is 23.3 Å². The number of anilines is 1. The first-order valence-electron chi connectivity index (χ1n) is 10.5. The van der Waals surface area contributed by atoms with Crippen LogP contribution in [-0.4, -0.2) is 30.7 Å². The number of carbonyl (C=O) groups is 1. The first kappa shape index (κ1) is 22.2. The summed E-state index contributed by atoms with van der Waals surface area (Å²) in [6.07, 6.45) is -0.736. The smallest absolute Gasteiger partial charge is 0.416 e. The Morgan fingerprint density at radius 3 is 2.56 bits per heavy atom. The number of aromatic amines is 1. The number of alkyl halides is 3. The molecule has 2 heterocycles. The van der Waals surface area contributed by atoms with Gasteiger partial charge < -0.3 is 19.8 Å². The van der Waals surface area contributed by atoms with E-state index in [2.05, 4.69) is 10.3 Å². The molecule has 1 aliphatic rings. The number of ether oxygens (including phenoxy) is 2. The lowest BCUT2D eigenvalue weighted by Crippen LogP contribution is -2.38. The molecule has 8 heteroatoms. The molecule has 0 radical (unpaired) electrons. The Morgan fingerprint density at radius 1 is 1.16 bits per heavy atom. The Kier molecular flexibility index (Phi) is 6.15. The van der Waals surface area contributed by atoms with E-state index in [0.717, 1.165) is 28.6 Å². The summed E-state index contributed by atoms with van der Waals surface area (Å²) < 4.78 is 49.2. The molecule has 0 saturated carbocycles. The van der Waals surface area contributed by atoms with Crippen molar-refractivity contribution in [3.05, 3.63) is 59.8 Å². The van der Waals surface area contributed by atoms with Gasteiger partial charge in [0.25, 0.3) is 0 Å². The minimum absolute atomic E-state index is 0.0321. The molecule has 4 rings (SSSR count). The Hall–Kier alpha value is -3.00. The molecule has 0 aliphatic carbocycles. The van der Waals surface area contributed by atoms with E-state index in [1.54, 1.807) is 6.20 Å². The van der Waals surface area contributed by atoms with Crippen LogP contribution in [0.15, 0.2) is 48.7 Å². The molecule has 2 N–H and O–H groups in total. The number of hydrogen-bond donors (Lipinski definition) is 2. The zero-order valence-electron chi connectivity index (χ0n) is 17.7. The zero-order chi connectivity index (χ0) is 22.8. The largest absolute Gasteiger partial charge is 0.493 e. The van der Waals surface area contributed by atoms with Crippen molar-refractivity contribution in [1.82, 2.24) is 4.98 Å². The van der Waals surface area contributed by atoms with Gasteiger partial charge in [0.2, 0.25) is 5.91 Å². The monoisotopic (exact) mass is 446 g/mol. The van der Waals surface area contributed by atoms with Gasteiger partial charge in [-0.25, -0.2) is 0 Å². The second-order valence-corrected chi connectivity index (χ2v) is 8.33. The average Bonchev–Trinajstić information content (AvgIpc) is 3.16. The van der Waals surface area contributed by atoms with Gasteiger partial charge in [-0.3, -0.25) is 4.79 Å². The van der Waals surface area contributed by atoms with E-state index < -0.39 is 17.2 Å². The van der Waals surface area contributed by atoms with Crippen LogP contribution in [0.25, 0.3) is 10.9 Å². The second-order valence-electron chi connectivity index (χ2n) is 8.33. The number of hydrogen-bond acceptors (Lipinski definition) is 3. The number of halogens is 3. The first-order chi connectivity index (χ1) is 15.2. The SMILES string of the molecule is CC1(C(=O)Nc2c[nH]c3ccc(OCCc4ccc(C(F)(F)F)cc4)cc23)CCOCC1. The molecule has 2 aromatic carbocycles. The average molecular weight is 446 g/mol. The Morgan fingerprint density at radius 2 is 1.88 bits per heavy atom. The number of fused-ring (bicyclic) bond motifs is 1. The quantitative estimate of drug-likeness (QED) is 0.521. The molecule has 32 heavy (non-hydrogen) atoms. The first-order valence-corrected chi connectivity index (χ1v) is 10.5. The van der Waals surface area contributed by atoms with Gasteiger partial charge in [0.1, 0.15) is 5.75 Å². The maximum absolute atomic E-state index is 12.8. The fourth-order valence-corrected chi connectivity index (χ4v) is 3.76. The van der Waals surface area contributed by atoms with E-state index in [0.29, 0.717) is 50.5 Å². The minimum atomic E-state index is -4.34. The Labute approximate surface area is 183 Å². The summed E-state index contributed by atoms with van der Waals surface area (Å²) in [5.41, 5.74) is 1.19. The second kappa shape index (κ2) is 8.86. The maximum atomic E-state index is 12.8. The molecule has 1 amide bonds. The molecule has 0 unspecified atom stereocenters. The molecule has 0 spiro atoms. The molecular weight excluding hydrogens is 421 g/mol. The van der Waals surface area contributed by atoms with Gasteiger partial charge >= 0.3 is 6.18 Å². The third-order valence-corrected chi connectivity index (χ3v) is 5.99. The molecule has 0 atom stereocenters. The van der Waals surface area contributed by atoms with Crippen LogP contribution in [0.5, 0.6) is 5.75 Å². The molecular formula is C24H25F3N2O3. The van der Waals surface area contributed by atoms with Gasteiger partial charge in [-0.2, -0.15) is 13.2 Å². The van der Waals surface area contributed by atoms with E-state index in [-0.39, 0.29) is 5.91 Å². The van der Waals surface area contributed by atoms with Crippen LogP contribution in [0.4, 0.5) is 18.9 Å². The van der Waals surface area contributed by atoms with Crippen LogP contribution < -0.4 is 10.1 Å². The normalized spacial score (nSPS) is 16.1. The van der Waals surface area contributed by atoms with Crippen molar-refractivity contribution in [3.63, 3.8) is 0 Å². The molecule has 3 aromatic rings. The maximum Gasteiger partial charge on any atom is 0.416 e. The van der Waals surface area contributed by atoms with Crippen LogP contribution >= 0.6 is 0 Å². The van der Waals surface area contributed by atoms with E-state index >= 15 is 0 Å². The lowest BCUT2D eigenvalue weighted by atomic mass is 9.81. The third-order valence-electron chi connectivity index (χ3n) is 5.99. The summed E-state index contributed by atoms with van der Waals surface area (Å²) >= 11 is 0. The molecule has 170 valence electrons. The lowest BCUT2D eigenvalue weighted by Gasteiger charge is -2.31. The summed E-state index contributed by atoms with van der Waals surface area (Å²) in [5, 5.41) is 3.86. The van der Waals surface area contributed by atoms with Gasteiger partial charge in [0.15, 0.2) is 0 Å². The number of amides is 1. The fourth-order valence-electron chi connectivity index (χ4n) is 3.76. The standard InChI is InChI=1S/C24H25F3N2O3/c1-23(9-12-31-13-10-23)22(30)29-21-15-28-20-7-6-18(14-19(20)21)32-11-8-16-2-4-17(5-3-16)24(25,26)27/h2-7,14-15,28H,8-13H2,1H3,(H,29,30). The summed E-state index contributed by atoms with van der Waals surface area (Å²) in [5.74, 6) is 0.590.